The van der Waals surface area contributed by atoms with Crippen LogP contribution in [0.1, 0.15) is 66.7 Å². The molecule has 0 radical (unpaired) electrons. The minimum atomic E-state index is 0.753. The maximum atomic E-state index is 3.66. The lowest BCUT2D eigenvalue weighted by atomic mass is 9.89. The van der Waals surface area contributed by atoms with Gasteiger partial charge in [-0.2, -0.15) is 0 Å². The lowest BCUT2D eigenvalue weighted by molar-refractivity contribution is 0.310. The van der Waals surface area contributed by atoms with Crippen LogP contribution in [0, 0.1) is 11.8 Å². The summed E-state index contributed by atoms with van der Waals surface area (Å²) in [5, 5.41) is 3.66. The van der Waals surface area contributed by atoms with E-state index in [4.69, 9.17) is 0 Å². The first-order chi connectivity index (χ1) is 7.15. The number of hydrogen-bond acceptors (Lipinski definition) is 1. The molecule has 15 heavy (non-hydrogen) atoms. The molecular weight excluding hydrogens is 182 g/mol. The van der Waals surface area contributed by atoms with Gasteiger partial charge in [0.1, 0.15) is 0 Å². The van der Waals surface area contributed by atoms with Crippen molar-refractivity contribution in [2.75, 3.05) is 6.54 Å². The maximum absolute atomic E-state index is 3.66. The fourth-order valence-corrected chi connectivity index (χ4v) is 2.37. The van der Waals surface area contributed by atoms with Gasteiger partial charge >= 0.3 is 0 Å². The summed E-state index contributed by atoms with van der Waals surface area (Å²) in [6, 6.07) is 0.753. The zero-order valence-electron chi connectivity index (χ0n) is 11.5. The third-order valence-corrected chi connectivity index (χ3v) is 3.38. The van der Waals surface area contributed by atoms with Crippen molar-refractivity contribution in [3.63, 3.8) is 0 Å². The minimum Gasteiger partial charge on any atom is -0.314 e. The van der Waals surface area contributed by atoms with Crippen LogP contribution < -0.4 is 5.32 Å². The van der Waals surface area contributed by atoms with E-state index in [1.54, 1.807) is 0 Å². The largest absolute Gasteiger partial charge is 0.314 e. The summed E-state index contributed by atoms with van der Waals surface area (Å²) in [5.74, 6) is 1.73. The molecule has 0 rings (SSSR count). The molecule has 1 heteroatoms. The van der Waals surface area contributed by atoms with Crippen molar-refractivity contribution in [3.05, 3.63) is 0 Å². The molecule has 1 unspecified atom stereocenters. The lowest BCUT2D eigenvalue weighted by Gasteiger charge is -2.26. The minimum absolute atomic E-state index is 0.753. The molecule has 0 fully saturated rings. The van der Waals surface area contributed by atoms with E-state index in [9.17, 15) is 0 Å². The second-order valence-electron chi connectivity index (χ2n) is 5.07. The average molecular weight is 213 g/mol. The van der Waals surface area contributed by atoms with E-state index in [-0.39, 0.29) is 0 Å². The predicted octanol–water partition coefficient (Wildman–Crippen LogP) is 4.23. The van der Waals surface area contributed by atoms with Crippen molar-refractivity contribution in [3.8, 4) is 0 Å². The summed E-state index contributed by atoms with van der Waals surface area (Å²) in [4.78, 5) is 0. The van der Waals surface area contributed by atoms with E-state index in [0.717, 1.165) is 24.4 Å². The highest BCUT2D eigenvalue weighted by molar-refractivity contribution is 4.74. The molecule has 0 spiro atoms. The molecule has 0 bridgehead atoms. The van der Waals surface area contributed by atoms with E-state index in [0.29, 0.717) is 0 Å². The van der Waals surface area contributed by atoms with E-state index in [1.807, 2.05) is 0 Å². The Bertz CT molecular complexity index is 127. The molecule has 0 amide bonds. The van der Waals surface area contributed by atoms with Gasteiger partial charge in [-0.3, -0.25) is 0 Å². The highest BCUT2D eigenvalue weighted by Crippen LogP contribution is 2.19. The Morgan fingerprint density at radius 1 is 0.933 bits per heavy atom. The van der Waals surface area contributed by atoms with E-state index in [1.165, 1.54) is 32.1 Å². The van der Waals surface area contributed by atoms with Crippen molar-refractivity contribution in [2.45, 2.75) is 72.8 Å². The summed E-state index contributed by atoms with van der Waals surface area (Å²) in [5.41, 5.74) is 0. The molecular formula is C14H31N. The zero-order chi connectivity index (χ0) is 11.7. The Kier molecular flexibility index (Phi) is 9.18. The second kappa shape index (κ2) is 9.21. The van der Waals surface area contributed by atoms with Gasteiger partial charge in [-0.15, -0.1) is 0 Å². The summed E-state index contributed by atoms with van der Waals surface area (Å²) in [6.07, 6.45) is 6.75. The van der Waals surface area contributed by atoms with Crippen molar-refractivity contribution < 1.29 is 0 Å². The third-order valence-electron chi connectivity index (χ3n) is 3.38. The SMILES string of the molecule is CCNC(CCCC(C)C)C(CC)CC. The van der Waals surface area contributed by atoms with Crippen molar-refractivity contribution in [1.82, 2.24) is 5.32 Å². The topological polar surface area (TPSA) is 12.0 Å². The molecule has 0 saturated heterocycles. The van der Waals surface area contributed by atoms with Gasteiger partial charge < -0.3 is 5.32 Å². The van der Waals surface area contributed by atoms with Crippen LogP contribution in [-0.2, 0) is 0 Å². The standard InChI is InChI=1S/C14H31N/c1-6-13(7-2)14(15-8-3)11-9-10-12(4)5/h12-15H,6-11H2,1-5H3. The molecule has 0 saturated carbocycles. The van der Waals surface area contributed by atoms with Gasteiger partial charge in [-0.1, -0.05) is 60.3 Å². The highest BCUT2D eigenvalue weighted by Gasteiger charge is 2.16. The first kappa shape index (κ1) is 15.0. The lowest BCUT2D eigenvalue weighted by Crippen LogP contribution is -2.35. The van der Waals surface area contributed by atoms with Gasteiger partial charge in [0, 0.05) is 6.04 Å². The van der Waals surface area contributed by atoms with Crippen LogP contribution in [0.4, 0.5) is 0 Å². The Labute approximate surface area is 97.0 Å². The predicted molar refractivity (Wildman–Crippen MR) is 70.2 cm³/mol. The van der Waals surface area contributed by atoms with Crippen LogP contribution in [0.15, 0.2) is 0 Å². The molecule has 1 atom stereocenters. The Balaban J connectivity index is 3.91. The number of nitrogens with one attached hydrogen (secondary N) is 1. The van der Waals surface area contributed by atoms with Gasteiger partial charge in [0.2, 0.25) is 0 Å². The fourth-order valence-electron chi connectivity index (χ4n) is 2.37. The van der Waals surface area contributed by atoms with Crippen molar-refractivity contribution in [1.29, 1.82) is 0 Å². The molecule has 0 aromatic carbocycles. The maximum Gasteiger partial charge on any atom is 0.00950 e. The smallest absolute Gasteiger partial charge is 0.00950 e. The van der Waals surface area contributed by atoms with Gasteiger partial charge in [-0.05, 0) is 24.8 Å². The normalized spacial score (nSPS) is 13.8. The van der Waals surface area contributed by atoms with Crippen LogP contribution in [0.5, 0.6) is 0 Å². The van der Waals surface area contributed by atoms with Crippen LogP contribution in [0.25, 0.3) is 0 Å². The molecule has 1 N–H and O–H groups in total. The molecule has 1 nitrogen and oxygen atoms in total. The molecule has 0 aliphatic rings. The second-order valence-corrected chi connectivity index (χ2v) is 5.07. The molecule has 0 aromatic heterocycles. The van der Waals surface area contributed by atoms with Gasteiger partial charge in [0.25, 0.3) is 0 Å². The van der Waals surface area contributed by atoms with Crippen molar-refractivity contribution in [2.24, 2.45) is 11.8 Å². The quantitative estimate of drug-likeness (QED) is 0.604. The van der Waals surface area contributed by atoms with E-state index in [2.05, 4.69) is 39.9 Å². The average Bonchev–Trinajstić information content (AvgIpc) is 2.19. The van der Waals surface area contributed by atoms with Gasteiger partial charge in [-0.25, -0.2) is 0 Å². The third kappa shape index (κ3) is 6.94. The van der Waals surface area contributed by atoms with Crippen LogP contribution in [0.3, 0.4) is 0 Å². The fraction of sp³-hybridized carbons (Fsp3) is 1.00. The molecule has 0 aliphatic heterocycles. The monoisotopic (exact) mass is 213 g/mol. The van der Waals surface area contributed by atoms with Crippen LogP contribution in [-0.4, -0.2) is 12.6 Å². The number of rotatable bonds is 9. The molecule has 0 heterocycles. The van der Waals surface area contributed by atoms with E-state index < -0.39 is 0 Å². The Hall–Kier alpha value is -0.0400. The molecule has 0 aliphatic carbocycles. The zero-order valence-corrected chi connectivity index (χ0v) is 11.5. The highest BCUT2D eigenvalue weighted by atomic mass is 14.9. The van der Waals surface area contributed by atoms with Crippen LogP contribution in [0.2, 0.25) is 0 Å². The van der Waals surface area contributed by atoms with Gasteiger partial charge in [0.15, 0.2) is 0 Å². The molecule has 0 aromatic rings. The Morgan fingerprint density at radius 2 is 1.53 bits per heavy atom. The summed E-state index contributed by atoms with van der Waals surface area (Å²) in [6.45, 7) is 12.6. The van der Waals surface area contributed by atoms with Crippen molar-refractivity contribution >= 4 is 0 Å². The van der Waals surface area contributed by atoms with Crippen LogP contribution >= 0.6 is 0 Å². The first-order valence-corrected chi connectivity index (χ1v) is 6.88. The summed E-state index contributed by atoms with van der Waals surface area (Å²) < 4.78 is 0. The first-order valence-electron chi connectivity index (χ1n) is 6.88. The Morgan fingerprint density at radius 3 is 1.93 bits per heavy atom. The van der Waals surface area contributed by atoms with E-state index >= 15 is 0 Å². The number of hydrogen-bond donors (Lipinski definition) is 1. The van der Waals surface area contributed by atoms with Gasteiger partial charge in [0.05, 0.1) is 0 Å². The molecule has 92 valence electrons. The summed E-state index contributed by atoms with van der Waals surface area (Å²) >= 11 is 0. The summed E-state index contributed by atoms with van der Waals surface area (Å²) in [7, 11) is 0.